The van der Waals surface area contributed by atoms with Gasteiger partial charge in [0.15, 0.2) is 5.65 Å². The fourth-order valence-electron chi connectivity index (χ4n) is 4.47. The van der Waals surface area contributed by atoms with Crippen molar-refractivity contribution < 1.29 is 14.3 Å². The average Bonchev–Trinajstić information content (AvgIpc) is 3.34. The van der Waals surface area contributed by atoms with E-state index in [0.29, 0.717) is 31.3 Å². The molecule has 0 saturated carbocycles. The predicted octanol–water partition coefficient (Wildman–Crippen LogP) is 6.26. The van der Waals surface area contributed by atoms with E-state index in [2.05, 4.69) is 10.3 Å². The summed E-state index contributed by atoms with van der Waals surface area (Å²) in [6, 6.07) is 22.0. The molecule has 0 spiro atoms. The number of nitrogens with zero attached hydrogens (tertiary/aromatic N) is 3. The molecular weight excluding hydrogens is 478 g/mol. The summed E-state index contributed by atoms with van der Waals surface area (Å²) < 4.78 is 11.4. The van der Waals surface area contributed by atoms with Crippen molar-refractivity contribution in [3.05, 3.63) is 72.3 Å². The predicted molar refractivity (Wildman–Crippen MR) is 149 cm³/mol. The Balaban J connectivity index is 1.14. The standard InChI is InChI=1S/C30H35N5O3/c1-30(2,3)38-29(36)35-17-15-21(16-18-35)19-31-26-14-13-25-28(33-26)34-27(32-25)23-9-11-24(12-10-23)37-20-22-7-5-4-6-8-22/h4-14,21H,15-20H2,1-3H3,(H2,31,32,33,34). The molecule has 1 saturated heterocycles. The van der Waals surface area contributed by atoms with E-state index in [-0.39, 0.29) is 6.09 Å². The van der Waals surface area contributed by atoms with Crippen LogP contribution in [0.3, 0.4) is 0 Å². The Morgan fingerprint density at radius 2 is 1.74 bits per heavy atom. The van der Waals surface area contributed by atoms with Crippen molar-refractivity contribution in [3.8, 4) is 17.1 Å². The first-order valence-corrected chi connectivity index (χ1v) is 13.2. The van der Waals surface area contributed by atoms with Crippen LogP contribution < -0.4 is 10.1 Å². The van der Waals surface area contributed by atoms with Crippen LogP contribution in [0.4, 0.5) is 10.6 Å². The van der Waals surface area contributed by atoms with E-state index in [1.807, 2.05) is 87.5 Å². The van der Waals surface area contributed by atoms with E-state index in [4.69, 9.17) is 19.4 Å². The number of piperidine rings is 1. The van der Waals surface area contributed by atoms with Gasteiger partial charge in [-0.05, 0) is 81.5 Å². The number of carbonyl (C=O) groups excluding carboxylic acids is 1. The molecule has 5 rings (SSSR count). The van der Waals surface area contributed by atoms with Crippen LogP contribution in [0.5, 0.6) is 5.75 Å². The Morgan fingerprint density at radius 3 is 2.45 bits per heavy atom. The van der Waals surface area contributed by atoms with Crippen LogP contribution in [0.1, 0.15) is 39.2 Å². The van der Waals surface area contributed by atoms with Gasteiger partial charge in [0.05, 0.1) is 5.52 Å². The van der Waals surface area contributed by atoms with Gasteiger partial charge in [-0.1, -0.05) is 30.3 Å². The molecule has 2 aromatic carbocycles. The third kappa shape index (κ3) is 6.62. The number of carbonyl (C=O) groups is 1. The fraction of sp³-hybridized carbons (Fsp3) is 0.367. The van der Waals surface area contributed by atoms with Gasteiger partial charge in [-0.3, -0.25) is 0 Å². The molecule has 198 valence electrons. The lowest BCUT2D eigenvalue weighted by Gasteiger charge is -2.33. The maximum Gasteiger partial charge on any atom is 0.410 e. The van der Waals surface area contributed by atoms with Crippen molar-refractivity contribution in [2.45, 2.75) is 45.8 Å². The van der Waals surface area contributed by atoms with Crippen LogP contribution >= 0.6 is 0 Å². The molecular formula is C30H35N5O3. The molecule has 0 bridgehead atoms. The van der Waals surface area contributed by atoms with Gasteiger partial charge in [-0.25, -0.2) is 14.8 Å². The molecule has 0 unspecified atom stereocenters. The number of nitrogens with one attached hydrogen (secondary N) is 2. The lowest BCUT2D eigenvalue weighted by Crippen LogP contribution is -2.42. The van der Waals surface area contributed by atoms with Crippen LogP contribution in [0.15, 0.2) is 66.7 Å². The van der Waals surface area contributed by atoms with Gasteiger partial charge in [0.25, 0.3) is 0 Å². The molecule has 8 heteroatoms. The molecule has 1 amide bonds. The van der Waals surface area contributed by atoms with E-state index >= 15 is 0 Å². The molecule has 38 heavy (non-hydrogen) atoms. The van der Waals surface area contributed by atoms with Gasteiger partial charge in [-0.2, -0.15) is 0 Å². The van der Waals surface area contributed by atoms with Gasteiger partial charge < -0.3 is 24.7 Å². The summed E-state index contributed by atoms with van der Waals surface area (Å²) in [6.45, 7) is 8.46. The van der Waals surface area contributed by atoms with Crippen LogP contribution in [-0.2, 0) is 11.3 Å². The normalized spacial score (nSPS) is 14.4. The molecule has 3 heterocycles. The minimum absolute atomic E-state index is 0.222. The Bertz CT molecular complexity index is 1350. The van der Waals surface area contributed by atoms with Gasteiger partial charge in [0.2, 0.25) is 0 Å². The van der Waals surface area contributed by atoms with E-state index in [0.717, 1.165) is 53.4 Å². The molecule has 2 N–H and O–H groups in total. The number of anilines is 1. The zero-order valence-electron chi connectivity index (χ0n) is 22.2. The number of likely N-dealkylation sites (tertiary alicyclic amines) is 1. The second kappa shape index (κ2) is 11.1. The zero-order chi connectivity index (χ0) is 26.5. The second-order valence-corrected chi connectivity index (χ2v) is 10.7. The van der Waals surface area contributed by atoms with Crippen molar-refractivity contribution in [3.63, 3.8) is 0 Å². The smallest absolute Gasteiger partial charge is 0.410 e. The quantitative estimate of drug-likeness (QED) is 0.303. The van der Waals surface area contributed by atoms with E-state index < -0.39 is 5.60 Å². The molecule has 1 aliphatic heterocycles. The summed E-state index contributed by atoms with van der Waals surface area (Å²) in [5.41, 5.74) is 3.21. The Hall–Kier alpha value is -4.07. The van der Waals surface area contributed by atoms with Gasteiger partial charge in [-0.15, -0.1) is 0 Å². The first-order valence-electron chi connectivity index (χ1n) is 13.2. The number of aromatic nitrogens is 3. The average molecular weight is 514 g/mol. The number of imidazole rings is 1. The monoisotopic (exact) mass is 513 g/mol. The van der Waals surface area contributed by atoms with E-state index in [1.165, 1.54) is 0 Å². The molecule has 2 aromatic heterocycles. The summed E-state index contributed by atoms with van der Waals surface area (Å²) >= 11 is 0. The maximum absolute atomic E-state index is 12.3. The maximum atomic E-state index is 12.3. The summed E-state index contributed by atoms with van der Waals surface area (Å²) in [5.74, 6) is 2.86. The van der Waals surface area contributed by atoms with Crippen molar-refractivity contribution in [1.29, 1.82) is 0 Å². The first-order chi connectivity index (χ1) is 18.3. The zero-order valence-corrected chi connectivity index (χ0v) is 22.2. The summed E-state index contributed by atoms with van der Waals surface area (Å²) in [7, 11) is 0. The molecule has 4 aromatic rings. The van der Waals surface area contributed by atoms with Crippen molar-refractivity contribution in [2.24, 2.45) is 5.92 Å². The number of fused-ring (bicyclic) bond motifs is 1. The molecule has 1 aliphatic rings. The lowest BCUT2D eigenvalue weighted by molar-refractivity contribution is 0.0188. The highest BCUT2D eigenvalue weighted by Crippen LogP contribution is 2.24. The largest absolute Gasteiger partial charge is 0.489 e. The number of hydrogen-bond donors (Lipinski definition) is 2. The van der Waals surface area contributed by atoms with Crippen LogP contribution in [0.25, 0.3) is 22.6 Å². The SMILES string of the molecule is CC(C)(C)OC(=O)N1CCC(CNc2ccc3[nH]c(-c4ccc(OCc5ccccc5)cc4)nc3n2)CC1. The number of benzene rings is 2. The van der Waals surface area contributed by atoms with E-state index in [9.17, 15) is 4.79 Å². The number of hydrogen-bond acceptors (Lipinski definition) is 6. The number of aromatic amines is 1. The number of ether oxygens (including phenoxy) is 2. The lowest BCUT2D eigenvalue weighted by atomic mass is 9.97. The Morgan fingerprint density at radius 1 is 1.00 bits per heavy atom. The summed E-state index contributed by atoms with van der Waals surface area (Å²) in [4.78, 5) is 26.9. The first kappa shape index (κ1) is 25.6. The fourth-order valence-corrected chi connectivity index (χ4v) is 4.47. The second-order valence-electron chi connectivity index (χ2n) is 10.7. The summed E-state index contributed by atoms with van der Waals surface area (Å²) in [6.07, 6.45) is 1.65. The van der Waals surface area contributed by atoms with E-state index in [1.54, 1.807) is 4.90 Å². The van der Waals surface area contributed by atoms with Gasteiger partial charge >= 0.3 is 6.09 Å². The third-order valence-electron chi connectivity index (χ3n) is 6.56. The van der Waals surface area contributed by atoms with Crippen molar-refractivity contribution in [2.75, 3.05) is 25.0 Å². The van der Waals surface area contributed by atoms with Crippen molar-refractivity contribution in [1.82, 2.24) is 19.9 Å². The number of amides is 1. The highest BCUT2D eigenvalue weighted by molar-refractivity contribution is 5.77. The van der Waals surface area contributed by atoms with Gasteiger partial charge in [0.1, 0.15) is 29.6 Å². The highest BCUT2D eigenvalue weighted by Gasteiger charge is 2.26. The Kier molecular flexibility index (Phi) is 7.49. The Labute approximate surface area is 223 Å². The minimum Gasteiger partial charge on any atom is -0.489 e. The van der Waals surface area contributed by atoms with Crippen molar-refractivity contribution >= 4 is 23.1 Å². The number of H-pyrrole nitrogens is 1. The topological polar surface area (TPSA) is 92.4 Å². The molecule has 0 atom stereocenters. The molecule has 8 nitrogen and oxygen atoms in total. The van der Waals surface area contributed by atoms with Crippen LogP contribution in [0, 0.1) is 5.92 Å². The number of rotatable bonds is 7. The molecule has 0 aliphatic carbocycles. The number of pyridine rings is 1. The van der Waals surface area contributed by atoms with Crippen LogP contribution in [-0.4, -0.2) is 51.2 Å². The third-order valence-corrected chi connectivity index (χ3v) is 6.56. The summed E-state index contributed by atoms with van der Waals surface area (Å²) in [5, 5.41) is 3.46. The molecule has 0 radical (unpaired) electrons. The highest BCUT2D eigenvalue weighted by atomic mass is 16.6. The molecule has 1 fully saturated rings. The minimum atomic E-state index is -0.466. The van der Waals surface area contributed by atoms with Gasteiger partial charge in [0, 0.05) is 25.2 Å². The van der Waals surface area contributed by atoms with Crippen LogP contribution in [0.2, 0.25) is 0 Å².